The fraction of sp³-hybridized carbons (Fsp3) is 0.667. The number of amides is 2. The summed E-state index contributed by atoms with van der Waals surface area (Å²) in [5.74, 6) is -0.212. The smallest absolute Gasteiger partial charge is 0.246 e. The van der Waals surface area contributed by atoms with Crippen molar-refractivity contribution in [3.05, 3.63) is 12.2 Å². The van der Waals surface area contributed by atoms with E-state index in [1.165, 1.54) is 12.2 Å². The molecule has 0 saturated carbocycles. The Morgan fingerprint density at radius 3 is 1.19 bits per heavy atom. The average Bonchev–Trinajstić information content (AvgIpc) is 2.29. The minimum atomic E-state index is -0.106. The molecule has 0 aliphatic heterocycles. The summed E-state index contributed by atoms with van der Waals surface area (Å²) in [4.78, 5) is 26.5. The monoisotopic (exact) mass is 226 g/mol. The van der Waals surface area contributed by atoms with E-state index in [4.69, 9.17) is 0 Å². The molecule has 0 aromatic rings. The number of carbonyl (C=O) groups excluding carboxylic acids is 2. The molecule has 0 radical (unpaired) electrons. The Bertz CT molecular complexity index is 228. The molecular weight excluding hydrogens is 204 g/mol. The average molecular weight is 226 g/mol. The zero-order chi connectivity index (χ0) is 12.6. The Balaban J connectivity index is 4.37. The highest BCUT2D eigenvalue weighted by molar-refractivity contribution is 5.96. The number of likely N-dealkylation sites (N-methyl/N-ethyl adjacent to an activating group) is 2. The third kappa shape index (κ3) is 4.47. The van der Waals surface area contributed by atoms with Crippen LogP contribution in [0.2, 0.25) is 0 Å². The number of rotatable bonds is 6. The molecule has 0 rings (SSSR count). The van der Waals surface area contributed by atoms with Gasteiger partial charge < -0.3 is 9.80 Å². The molecule has 16 heavy (non-hydrogen) atoms. The highest BCUT2D eigenvalue weighted by atomic mass is 16.2. The van der Waals surface area contributed by atoms with Gasteiger partial charge in [0.2, 0.25) is 11.8 Å². The van der Waals surface area contributed by atoms with E-state index in [-0.39, 0.29) is 11.8 Å². The molecule has 4 heteroatoms. The van der Waals surface area contributed by atoms with Gasteiger partial charge in [-0.3, -0.25) is 9.59 Å². The topological polar surface area (TPSA) is 40.6 Å². The zero-order valence-corrected chi connectivity index (χ0v) is 10.7. The van der Waals surface area contributed by atoms with E-state index in [2.05, 4.69) is 0 Å². The summed E-state index contributed by atoms with van der Waals surface area (Å²) >= 11 is 0. The normalized spacial score (nSPS) is 10.5. The Kier molecular flexibility index (Phi) is 7.25. The number of hydrogen-bond acceptors (Lipinski definition) is 2. The third-order valence-corrected chi connectivity index (χ3v) is 2.52. The van der Waals surface area contributed by atoms with Crippen LogP contribution in [0.3, 0.4) is 0 Å². The van der Waals surface area contributed by atoms with Gasteiger partial charge in [-0.1, -0.05) is 0 Å². The van der Waals surface area contributed by atoms with E-state index in [1.807, 2.05) is 27.7 Å². The molecule has 0 fully saturated rings. The second-order valence-electron chi connectivity index (χ2n) is 3.35. The van der Waals surface area contributed by atoms with E-state index in [0.29, 0.717) is 26.2 Å². The van der Waals surface area contributed by atoms with Crippen LogP contribution in [0.4, 0.5) is 0 Å². The number of hydrogen-bond donors (Lipinski definition) is 0. The zero-order valence-electron chi connectivity index (χ0n) is 10.7. The van der Waals surface area contributed by atoms with Crippen molar-refractivity contribution >= 4 is 11.8 Å². The van der Waals surface area contributed by atoms with Gasteiger partial charge in [0.05, 0.1) is 0 Å². The summed E-state index contributed by atoms with van der Waals surface area (Å²) in [6.07, 6.45) is 2.71. The number of nitrogens with zero attached hydrogens (tertiary/aromatic N) is 2. The molecule has 0 aromatic heterocycles. The van der Waals surface area contributed by atoms with Crippen molar-refractivity contribution < 1.29 is 9.59 Å². The van der Waals surface area contributed by atoms with Gasteiger partial charge in [-0.25, -0.2) is 0 Å². The fourth-order valence-corrected chi connectivity index (χ4v) is 1.42. The molecule has 0 aliphatic rings. The van der Waals surface area contributed by atoms with Crippen LogP contribution in [0.25, 0.3) is 0 Å². The predicted molar refractivity (Wildman–Crippen MR) is 65.0 cm³/mol. The van der Waals surface area contributed by atoms with Gasteiger partial charge in [-0.15, -0.1) is 0 Å². The van der Waals surface area contributed by atoms with Gasteiger partial charge in [0.15, 0.2) is 0 Å². The van der Waals surface area contributed by atoms with Crippen molar-refractivity contribution in [2.75, 3.05) is 26.2 Å². The van der Waals surface area contributed by atoms with Crippen LogP contribution >= 0.6 is 0 Å². The van der Waals surface area contributed by atoms with Crippen LogP contribution in [0.5, 0.6) is 0 Å². The first kappa shape index (κ1) is 14.7. The lowest BCUT2D eigenvalue weighted by Crippen LogP contribution is -2.31. The van der Waals surface area contributed by atoms with Crippen molar-refractivity contribution in [3.8, 4) is 0 Å². The van der Waals surface area contributed by atoms with Crippen molar-refractivity contribution in [3.63, 3.8) is 0 Å². The minimum Gasteiger partial charge on any atom is -0.340 e. The van der Waals surface area contributed by atoms with Gasteiger partial charge in [0, 0.05) is 38.3 Å². The molecule has 0 aromatic carbocycles. The van der Waals surface area contributed by atoms with Gasteiger partial charge in [-0.05, 0) is 27.7 Å². The van der Waals surface area contributed by atoms with Crippen LogP contribution in [0.1, 0.15) is 27.7 Å². The molecule has 0 heterocycles. The van der Waals surface area contributed by atoms with Gasteiger partial charge >= 0.3 is 0 Å². The van der Waals surface area contributed by atoms with E-state index in [9.17, 15) is 9.59 Å². The van der Waals surface area contributed by atoms with Crippen molar-refractivity contribution in [1.29, 1.82) is 0 Å². The van der Waals surface area contributed by atoms with Crippen LogP contribution in [-0.2, 0) is 9.59 Å². The summed E-state index contributed by atoms with van der Waals surface area (Å²) in [6, 6.07) is 0. The number of carbonyl (C=O) groups is 2. The third-order valence-electron chi connectivity index (χ3n) is 2.52. The molecule has 0 atom stereocenters. The first-order valence-electron chi connectivity index (χ1n) is 5.86. The summed E-state index contributed by atoms with van der Waals surface area (Å²) in [5, 5.41) is 0. The molecule has 4 nitrogen and oxygen atoms in total. The maximum absolute atomic E-state index is 11.6. The first-order chi connectivity index (χ1) is 7.60. The Labute approximate surface area is 97.9 Å². The molecule has 0 aliphatic carbocycles. The Hall–Kier alpha value is -1.32. The Morgan fingerprint density at radius 1 is 0.750 bits per heavy atom. The van der Waals surface area contributed by atoms with Crippen LogP contribution in [-0.4, -0.2) is 47.8 Å². The summed E-state index contributed by atoms with van der Waals surface area (Å²) in [6.45, 7) is 10.3. The lowest BCUT2D eigenvalue weighted by molar-refractivity contribution is -0.128. The second-order valence-corrected chi connectivity index (χ2v) is 3.35. The summed E-state index contributed by atoms with van der Waals surface area (Å²) in [7, 11) is 0. The highest BCUT2D eigenvalue weighted by Gasteiger charge is 2.08. The predicted octanol–water partition coefficient (Wildman–Crippen LogP) is 1.28. The standard InChI is InChI=1S/C12H22N2O2/c1-5-13(6-2)11(15)9-10-12(16)14(7-3)8-4/h9-10H,5-8H2,1-4H3/b10-9+. The van der Waals surface area contributed by atoms with Crippen molar-refractivity contribution in [1.82, 2.24) is 9.80 Å². The van der Waals surface area contributed by atoms with Crippen molar-refractivity contribution in [2.24, 2.45) is 0 Å². The maximum atomic E-state index is 11.6. The fourth-order valence-electron chi connectivity index (χ4n) is 1.42. The molecule has 0 spiro atoms. The SMILES string of the molecule is CCN(CC)C(=O)/C=C/C(=O)N(CC)CC. The lowest BCUT2D eigenvalue weighted by Gasteiger charge is -2.17. The Morgan fingerprint density at radius 2 is 1.00 bits per heavy atom. The van der Waals surface area contributed by atoms with E-state index >= 15 is 0 Å². The second kappa shape index (κ2) is 7.91. The van der Waals surface area contributed by atoms with Gasteiger partial charge in [-0.2, -0.15) is 0 Å². The van der Waals surface area contributed by atoms with Gasteiger partial charge in [0.25, 0.3) is 0 Å². The summed E-state index contributed by atoms with van der Waals surface area (Å²) < 4.78 is 0. The van der Waals surface area contributed by atoms with E-state index < -0.39 is 0 Å². The van der Waals surface area contributed by atoms with Crippen LogP contribution < -0.4 is 0 Å². The highest BCUT2D eigenvalue weighted by Crippen LogP contribution is 1.94. The molecule has 2 amide bonds. The first-order valence-corrected chi connectivity index (χ1v) is 5.86. The molecule has 0 saturated heterocycles. The maximum Gasteiger partial charge on any atom is 0.246 e. The molecular formula is C12H22N2O2. The van der Waals surface area contributed by atoms with Gasteiger partial charge in [0.1, 0.15) is 0 Å². The van der Waals surface area contributed by atoms with E-state index in [1.54, 1.807) is 9.80 Å². The quantitative estimate of drug-likeness (QED) is 0.640. The molecule has 0 unspecified atom stereocenters. The van der Waals surface area contributed by atoms with Crippen LogP contribution in [0, 0.1) is 0 Å². The lowest BCUT2D eigenvalue weighted by atomic mass is 10.3. The molecule has 92 valence electrons. The summed E-state index contributed by atoms with van der Waals surface area (Å²) in [5.41, 5.74) is 0. The molecule has 0 bridgehead atoms. The van der Waals surface area contributed by atoms with Crippen LogP contribution in [0.15, 0.2) is 12.2 Å². The molecule has 0 N–H and O–H groups in total. The largest absolute Gasteiger partial charge is 0.340 e. The van der Waals surface area contributed by atoms with Crippen molar-refractivity contribution in [2.45, 2.75) is 27.7 Å². The van der Waals surface area contributed by atoms with E-state index in [0.717, 1.165) is 0 Å². The minimum absolute atomic E-state index is 0.106.